The Morgan fingerprint density at radius 3 is 2.56 bits per heavy atom. The molecule has 0 bridgehead atoms. The van der Waals surface area contributed by atoms with Crippen molar-refractivity contribution < 1.29 is 0 Å². The van der Waals surface area contributed by atoms with E-state index in [2.05, 4.69) is 35.6 Å². The molecule has 2 fully saturated rings. The Labute approximate surface area is 98.3 Å². The highest BCUT2D eigenvalue weighted by atomic mass is 15.0. The summed E-state index contributed by atoms with van der Waals surface area (Å²) in [5.41, 5.74) is 1.51. The predicted molar refractivity (Wildman–Crippen MR) is 67.4 cm³/mol. The molecular weight excluding hydrogens is 194 g/mol. The summed E-state index contributed by atoms with van der Waals surface area (Å²) in [5.74, 6) is 1.86. The van der Waals surface area contributed by atoms with E-state index in [1.807, 2.05) is 0 Å². The van der Waals surface area contributed by atoms with Crippen LogP contribution in [0.15, 0.2) is 30.3 Å². The van der Waals surface area contributed by atoms with E-state index >= 15 is 0 Å². The second kappa shape index (κ2) is 4.58. The average molecular weight is 215 g/mol. The summed E-state index contributed by atoms with van der Waals surface area (Å²) in [5, 5.41) is 3.73. The number of hydrogen-bond acceptors (Lipinski definition) is 1. The molecule has 1 aromatic carbocycles. The molecule has 86 valence electrons. The maximum atomic E-state index is 3.73. The Morgan fingerprint density at radius 2 is 1.88 bits per heavy atom. The Morgan fingerprint density at radius 1 is 1.06 bits per heavy atom. The molecular formula is C15H21N. The van der Waals surface area contributed by atoms with Gasteiger partial charge in [0.2, 0.25) is 0 Å². The molecule has 1 heteroatoms. The van der Waals surface area contributed by atoms with E-state index in [1.54, 1.807) is 0 Å². The van der Waals surface area contributed by atoms with Crippen LogP contribution in [-0.4, -0.2) is 12.6 Å². The maximum Gasteiger partial charge on any atom is 0.0127 e. The van der Waals surface area contributed by atoms with Crippen molar-refractivity contribution in [3.8, 4) is 0 Å². The molecule has 0 amide bonds. The molecule has 2 unspecified atom stereocenters. The molecule has 0 radical (unpaired) electrons. The number of hydrogen-bond donors (Lipinski definition) is 1. The molecule has 2 aliphatic rings. The third-order valence-corrected chi connectivity index (χ3v) is 4.40. The van der Waals surface area contributed by atoms with Gasteiger partial charge in [-0.1, -0.05) is 36.8 Å². The van der Waals surface area contributed by atoms with E-state index in [-0.39, 0.29) is 0 Å². The highest BCUT2D eigenvalue weighted by molar-refractivity contribution is 5.16. The molecule has 1 heterocycles. The molecule has 0 aromatic heterocycles. The maximum absolute atomic E-state index is 3.73. The van der Waals surface area contributed by atoms with Gasteiger partial charge in [0.05, 0.1) is 0 Å². The van der Waals surface area contributed by atoms with Gasteiger partial charge in [-0.2, -0.15) is 0 Å². The fraction of sp³-hybridized carbons (Fsp3) is 0.600. The lowest BCUT2D eigenvalue weighted by Crippen LogP contribution is -2.39. The topological polar surface area (TPSA) is 12.0 Å². The van der Waals surface area contributed by atoms with Crippen molar-refractivity contribution in [1.29, 1.82) is 0 Å². The van der Waals surface area contributed by atoms with Crippen molar-refractivity contribution in [3.63, 3.8) is 0 Å². The minimum atomic E-state index is 0.814. The first-order valence-corrected chi connectivity index (χ1v) is 6.71. The van der Waals surface area contributed by atoms with Gasteiger partial charge in [0.25, 0.3) is 0 Å². The zero-order valence-electron chi connectivity index (χ0n) is 9.86. The first-order valence-electron chi connectivity index (χ1n) is 6.71. The van der Waals surface area contributed by atoms with Gasteiger partial charge in [0, 0.05) is 6.04 Å². The molecule has 1 N–H and O–H groups in total. The zero-order valence-corrected chi connectivity index (χ0v) is 9.86. The van der Waals surface area contributed by atoms with Crippen LogP contribution in [0.2, 0.25) is 0 Å². The third kappa shape index (κ3) is 2.01. The minimum Gasteiger partial charge on any atom is -0.313 e. The van der Waals surface area contributed by atoms with Crippen LogP contribution in [0.3, 0.4) is 0 Å². The lowest BCUT2D eigenvalue weighted by molar-refractivity contribution is 0.207. The van der Waals surface area contributed by atoms with Gasteiger partial charge >= 0.3 is 0 Å². The van der Waals surface area contributed by atoms with Gasteiger partial charge in [0.1, 0.15) is 0 Å². The first-order chi connectivity index (χ1) is 7.93. The quantitative estimate of drug-likeness (QED) is 0.817. The van der Waals surface area contributed by atoms with Crippen LogP contribution in [0.1, 0.15) is 31.2 Å². The summed E-state index contributed by atoms with van der Waals surface area (Å²) < 4.78 is 0. The SMILES string of the molecule is c1ccc(CC2CCNC2C2CCC2)cc1. The Balaban J connectivity index is 1.65. The van der Waals surface area contributed by atoms with Crippen LogP contribution in [-0.2, 0) is 6.42 Å². The first kappa shape index (κ1) is 10.3. The van der Waals surface area contributed by atoms with Crippen LogP contribution in [0.5, 0.6) is 0 Å². The number of rotatable bonds is 3. The normalized spacial score (nSPS) is 30.2. The molecule has 3 rings (SSSR count). The van der Waals surface area contributed by atoms with Gasteiger partial charge in [-0.3, -0.25) is 0 Å². The summed E-state index contributed by atoms with van der Waals surface area (Å²) in [6, 6.07) is 11.8. The van der Waals surface area contributed by atoms with Crippen molar-refractivity contribution in [1.82, 2.24) is 5.32 Å². The summed E-state index contributed by atoms with van der Waals surface area (Å²) in [7, 11) is 0. The predicted octanol–water partition coefficient (Wildman–Crippen LogP) is 3.01. The van der Waals surface area contributed by atoms with E-state index in [9.17, 15) is 0 Å². The van der Waals surface area contributed by atoms with Crippen LogP contribution >= 0.6 is 0 Å². The summed E-state index contributed by atoms with van der Waals surface area (Å²) in [6.07, 6.45) is 7.03. The molecule has 16 heavy (non-hydrogen) atoms. The number of benzene rings is 1. The van der Waals surface area contributed by atoms with Gasteiger partial charge in [-0.25, -0.2) is 0 Å². The Kier molecular flexibility index (Phi) is 2.96. The Hall–Kier alpha value is -0.820. The summed E-state index contributed by atoms with van der Waals surface area (Å²) in [6.45, 7) is 1.23. The van der Waals surface area contributed by atoms with E-state index in [0.717, 1.165) is 17.9 Å². The highest BCUT2D eigenvalue weighted by Crippen LogP contribution is 2.36. The largest absolute Gasteiger partial charge is 0.313 e. The zero-order chi connectivity index (χ0) is 10.8. The Bertz CT molecular complexity index is 329. The van der Waals surface area contributed by atoms with Crippen LogP contribution in [0.25, 0.3) is 0 Å². The lowest BCUT2D eigenvalue weighted by atomic mass is 9.74. The van der Waals surface area contributed by atoms with Crippen molar-refractivity contribution in [2.45, 2.75) is 38.1 Å². The fourth-order valence-corrected chi connectivity index (χ4v) is 3.28. The molecule has 1 saturated carbocycles. The third-order valence-electron chi connectivity index (χ3n) is 4.40. The lowest BCUT2D eigenvalue weighted by Gasteiger charge is -2.35. The summed E-state index contributed by atoms with van der Waals surface area (Å²) >= 11 is 0. The molecule has 2 atom stereocenters. The van der Waals surface area contributed by atoms with Crippen molar-refractivity contribution in [2.24, 2.45) is 11.8 Å². The van der Waals surface area contributed by atoms with Crippen LogP contribution in [0.4, 0.5) is 0 Å². The van der Waals surface area contributed by atoms with Crippen molar-refractivity contribution in [2.75, 3.05) is 6.54 Å². The second-order valence-electron chi connectivity index (χ2n) is 5.41. The van der Waals surface area contributed by atoms with Crippen molar-refractivity contribution >= 4 is 0 Å². The van der Waals surface area contributed by atoms with E-state index in [1.165, 1.54) is 44.2 Å². The van der Waals surface area contributed by atoms with E-state index in [4.69, 9.17) is 0 Å². The second-order valence-corrected chi connectivity index (χ2v) is 5.41. The molecule has 1 nitrogen and oxygen atoms in total. The monoisotopic (exact) mass is 215 g/mol. The van der Waals surface area contributed by atoms with E-state index in [0.29, 0.717) is 0 Å². The molecule has 1 aromatic rings. The molecule has 1 aliphatic carbocycles. The summed E-state index contributed by atoms with van der Waals surface area (Å²) in [4.78, 5) is 0. The fourth-order valence-electron chi connectivity index (χ4n) is 3.28. The van der Waals surface area contributed by atoms with Gasteiger partial charge in [-0.15, -0.1) is 0 Å². The van der Waals surface area contributed by atoms with E-state index < -0.39 is 0 Å². The van der Waals surface area contributed by atoms with Gasteiger partial charge in [-0.05, 0) is 49.6 Å². The molecule has 1 aliphatic heterocycles. The van der Waals surface area contributed by atoms with Crippen molar-refractivity contribution in [3.05, 3.63) is 35.9 Å². The van der Waals surface area contributed by atoms with Crippen LogP contribution in [0, 0.1) is 11.8 Å². The smallest absolute Gasteiger partial charge is 0.0127 e. The minimum absolute atomic E-state index is 0.814. The molecule has 0 spiro atoms. The average Bonchev–Trinajstić information content (AvgIpc) is 2.66. The highest BCUT2D eigenvalue weighted by Gasteiger charge is 2.35. The standard InChI is InChI=1S/C15H21N/c1-2-5-12(6-3-1)11-14-9-10-16-15(14)13-7-4-8-13/h1-3,5-6,13-16H,4,7-11H2. The van der Waals surface area contributed by atoms with Gasteiger partial charge in [0.15, 0.2) is 0 Å². The van der Waals surface area contributed by atoms with Crippen LogP contribution < -0.4 is 5.32 Å². The molecule has 1 saturated heterocycles. The van der Waals surface area contributed by atoms with Gasteiger partial charge < -0.3 is 5.32 Å². The number of nitrogens with one attached hydrogen (secondary N) is 1.